The molecule has 0 radical (unpaired) electrons. The molecule has 6 nitrogen and oxygen atoms in total. The average Bonchev–Trinajstić information content (AvgIpc) is 3.13. The van der Waals surface area contributed by atoms with E-state index in [2.05, 4.69) is 41.8 Å². The van der Waals surface area contributed by atoms with Crippen LogP contribution in [0.1, 0.15) is 0 Å². The molecule has 142 valence electrons. The molecule has 0 saturated carbocycles. The number of aromatic amines is 1. The Bertz CT molecular complexity index is 1290. The highest BCUT2D eigenvalue weighted by atomic mass is 79.9. The molecule has 4 rings (SSSR count). The summed E-state index contributed by atoms with van der Waals surface area (Å²) in [5.41, 5.74) is 7.14. The van der Waals surface area contributed by atoms with Crippen molar-refractivity contribution in [3.63, 3.8) is 0 Å². The Morgan fingerprint density at radius 2 is 1.79 bits per heavy atom. The van der Waals surface area contributed by atoms with E-state index in [0.29, 0.717) is 37.0 Å². The van der Waals surface area contributed by atoms with E-state index in [-0.39, 0.29) is 9.79 Å². The van der Waals surface area contributed by atoms with Crippen molar-refractivity contribution in [2.45, 2.75) is 9.79 Å². The van der Waals surface area contributed by atoms with Crippen LogP contribution in [0, 0.1) is 0 Å². The number of pyridine rings is 1. The number of anilines is 1. The number of nitrogens with two attached hydrogens (primary N) is 1. The summed E-state index contributed by atoms with van der Waals surface area (Å²) in [5, 5.41) is 0.533. The molecule has 28 heavy (non-hydrogen) atoms. The maximum Gasteiger partial charge on any atom is 0.208 e. The summed E-state index contributed by atoms with van der Waals surface area (Å²) in [7, 11) is -3.70. The number of benzene rings is 2. The van der Waals surface area contributed by atoms with Crippen LogP contribution in [0.5, 0.6) is 11.5 Å². The first-order valence-electron chi connectivity index (χ1n) is 8.05. The zero-order chi connectivity index (χ0) is 19.9. The van der Waals surface area contributed by atoms with Gasteiger partial charge < -0.3 is 15.5 Å². The number of nitrogens with zero attached hydrogens (tertiary/aromatic N) is 1. The van der Waals surface area contributed by atoms with Crippen LogP contribution >= 0.6 is 31.9 Å². The fraction of sp³-hybridized carbons (Fsp3) is 0. The van der Waals surface area contributed by atoms with Crippen LogP contribution in [0.2, 0.25) is 0 Å². The van der Waals surface area contributed by atoms with Gasteiger partial charge in [-0.15, -0.1) is 0 Å². The van der Waals surface area contributed by atoms with Gasteiger partial charge in [0.05, 0.1) is 18.7 Å². The Kier molecular flexibility index (Phi) is 4.90. The number of nitrogen functional groups attached to an aromatic ring is 1. The number of halogens is 2. The number of ether oxygens (including phenoxy) is 1. The Balaban J connectivity index is 1.81. The number of hydrogen-bond acceptors (Lipinski definition) is 5. The second-order valence-corrected chi connectivity index (χ2v) is 9.49. The molecular formula is C19H13Br2N3O3S. The first-order chi connectivity index (χ1) is 13.4. The summed E-state index contributed by atoms with van der Waals surface area (Å²) in [5.74, 6) is 0.985. The molecule has 2 aromatic heterocycles. The molecule has 0 aliphatic heterocycles. The van der Waals surface area contributed by atoms with Crippen molar-refractivity contribution in [2.24, 2.45) is 0 Å². The predicted octanol–water partition coefficient (Wildman–Crippen LogP) is 5.30. The molecule has 0 fully saturated rings. The lowest BCUT2D eigenvalue weighted by Gasteiger charge is -2.12. The van der Waals surface area contributed by atoms with Gasteiger partial charge in [0.2, 0.25) is 9.84 Å². The van der Waals surface area contributed by atoms with Crippen LogP contribution in [0.15, 0.2) is 79.8 Å². The first kappa shape index (κ1) is 19.0. The first-order valence-corrected chi connectivity index (χ1v) is 11.1. The van der Waals surface area contributed by atoms with E-state index in [1.165, 1.54) is 30.7 Å². The van der Waals surface area contributed by atoms with Gasteiger partial charge in [-0.1, -0.05) is 0 Å². The predicted molar refractivity (Wildman–Crippen MR) is 114 cm³/mol. The SMILES string of the molecule is Nc1ccc(Br)c(Oc2ccc3[nH]cc(S(=O)(=O)c4ccncc4)c3c2)c1Br. The Labute approximate surface area is 177 Å². The zero-order valence-electron chi connectivity index (χ0n) is 14.2. The molecule has 0 atom stereocenters. The van der Waals surface area contributed by atoms with Crippen molar-refractivity contribution in [1.29, 1.82) is 0 Å². The number of rotatable bonds is 4. The topological polar surface area (TPSA) is 98.1 Å². The summed E-state index contributed by atoms with van der Waals surface area (Å²) in [6, 6.07) is 11.7. The lowest BCUT2D eigenvalue weighted by atomic mass is 10.2. The van der Waals surface area contributed by atoms with Crippen molar-refractivity contribution >= 4 is 58.3 Å². The van der Waals surface area contributed by atoms with E-state index < -0.39 is 9.84 Å². The molecule has 0 aliphatic rings. The lowest BCUT2D eigenvalue weighted by molar-refractivity contribution is 0.477. The van der Waals surface area contributed by atoms with Crippen molar-refractivity contribution in [1.82, 2.24) is 9.97 Å². The fourth-order valence-electron chi connectivity index (χ4n) is 2.76. The van der Waals surface area contributed by atoms with Gasteiger partial charge in [0.25, 0.3) is 0 Å². The number of nitrogens with one attached hydrogen (secondary N) is 1. The van der Waals surface area contributed by atoms with Crippen LogP contribution in [0.3, 0.4) is 0 Å². The van der Waals surface area contributed by atoms with Gasteiger partial charge in [-0.25, -0.2) is 8.42 Å². The van der Waals surface area contributed by atoms with E-state index in [0.717, 1.165) is 0 Å². The summed E-state index contributed by atoms with van der Waals surface area (Å²) >= 11 is 6.86. The van der Waals surface area contributed by atoms with E-state index in [1.807, 2.05) is 0 Å². The van der Waals surface area contributed by atoms with E-state index in [9.17, 15) is 8.42 Å². The molecule has 0 bridgehead atoms. The third-order valence-corrected chi connectivity index (χ3v) is 7.42. The minimum Gasteiger partial charge on any atom is -0.455 e. The second kappa shape index (κ2) is 7.23. The number of fused-ring (bicyclic) bond motifs is 1. The van der Waals surface area contributed by atoms with Gasteiger partial charge in [-0.05, 0) is 74.3 Å². The van der Waals surface area contributed by atoms with Crippen molar-refractivity contribution in [3.05, 3.63) is 70.0 Å². The van der Waals surface area contributed by atoms with Gasteiger partial charge in [0.1, 0.15) is 5.75 Å². The van der Waals surface area contributed by atoms with Crippen LogP contribution in [-0.2, 0) is 9.84 Å². The molecule has 3 N–H and O–H groups in total. The lowest BCUT2D eigenvalue weighted by Crippen LogP contribution is -2.01. The van der Waals surface area contributed by atoms with Gasteiger partial charge in [0.15, 0.2) is 5.75 Å². The molecule has 9 heteroatoms. The Hall–Kier alpha value is -2.36. The molecule has 2 aromatic carbocycles. The highest BCUT2D eigenvalue weighted by molar-refractivity contribution is 9.11. The summed E-state index contributed by atoms with van der Waals surface area (Å²) in [6.07, 6.45) is 4.38. The summed E-state index contributed by atoms with van der Waals surface area (Å²) in [4.78, 5) is 7.22. The van der Waals surface area contributed by atoms with Crippen molar-refractivity contribution in [3.8, 4) is 11.5 Å². The normalized spacial score (nSPS) is 11.6. The molecule has 0 aliphatic carbocycles. The number of aromatic nitrogens is 2. The molecule has 0 amide bonds. The number of H-pyrrole nitrogens is 1. The fourth-order valence-corrected chi connectivity index (χ4v) is 5.27. The van der Waals surface area contributed by atoms with Crippen LogP contribution in [0.25, 0.3) is 10.9 Å². The molecule has 4 aromatic rings. The van der Waals surface area contributed by atoms with Crippen LogP contribution in [-0.4, -0.2) is 18.4 Å². The summed E-state index contributed by atoms with van der Waals surface area (Å²) < 4.78 is 33.3. The largest absolute Gasteiger partial charge is 0.455 e. The third kappa shape index (κ3) is 3.30. The zero-order valence-corrected chi connectivity index (χ0v) is 18.2. The average molecular weight is 523 g/mol. The quantitative estimate of drug-likeness (QED) is 0.354. The Morgan fingerprint density at radius 3 is 2.54 bits per heavy atom. The third-order valence-electron chi connectivity index (χ3n) is 4.16. The van der Waals surface area contributed by atoms with Gasteiger partial charge in [-0.2, -0.15) is 0 Å². The Morgan fingerprint density at radius 1 is 1.04 bits per heavy atom. The van der Waals surface area contributed by atoms with Crippen LogP contribution in [0.4, 0.5) is 5.69 Å². The van der Waals surface area contributed by atoms with Crippen molar-refractivity contribution < 1.29 is 13.2 Å². The van der Waals surface area contributed by atoms with E-state index >= 15 is 0 Å². The van der Waals surface area contributed by atoms with Crippen LogP contribution < -0.4 is 10.5 Å². The molecule has 0 spiro atoms. The molecule has 2 heterocycles. The minimum atomic E-state index is -3.70. The molecule has 0 unspecified atom stereocenters. The monoisotopic (exact) mass is 521 g/mol. The van der Waals surface area contributed by atoms with Gasteiger partial charge >= 0.3 is 0 Å². The minimum absolute atomic E-state index is 0.171. The standard InChI is InChI=1S/C19H13Br2N3O3S/c20-14-2-3-15(22)18(21)19(14)27-11-1-4-16-13(9-11)17(10-24-16)28(25,26)12-5-7-23-8-6-12/h1-10,24H,22H2. The van der Waals surface area contributed by atoms with Gasteiger partial charge in [-0.3, -0.25) is 4.98 Å². The maximum atomic E-state index is 13.0. The number of sulfone groups is 1. The highest BCUT2D eigenvalue weighted by Gasteiger charge is 2.22. The van der Waals surface area contributed by atoms with E-state index in [4.69, 9.17) is 10.5 Å². The maximum absolute atomic E-state index is 13.0. The highest BCUT2D eigenvalue weighted by Crippen LogP contribution is 2.41. The van der Waals surface area contributed by atoms with Gasteiger partial charge in [0, 0.05) is 35.2 Å². The second-order valence-electron chi connectivity index (χ2n) is 5.93. The number of hydrogen-bond donors (Lipinski definition) is 2. The van der Waals surface area contributed by atoms with E-state index in [1.54, 1.807) is 30.3 Å². The molecular weight excluding hydrogens is 510 g/mol. The van der Waals surface area contributed by atoms with Crippen molar-refractivity contribution in [2.75, 3.05) is 5.73 Å². The summed E-state index contributed by atoms with van der Waals surface area (Å²) in [6.45, 7) is 0. The molecule has 0 saturated heterocycles. The smallest absolute Gasteiger partial charge is 0.208 e.